The lowest BCUT2D eigenvalue weighted by Gasteiger charge is -2.25. The van der Waals surface area contributed by atoms with E-state index in [1.807, 2.05) is 0 Å². The molecule has 1 aromatic heterocycles. The maximum atomic E-state index is 15.6. The molecule has 1 saturated carbocycles. The fraction of sp³-hybridized carbons (Fsp3) is 0.500. The number of aryl methyl sites for hydroxylation is 1. The molecule has 1 atom stereocenters. The summed E-state index contributed by atoms with van der Waals surface area (Å²) < 4.78 is 17.2. The molecule has 34 heavy (non-hydrogen) atoms. The Kier molecular flexibility index (Phi) is 7.90. The number of aromatic nitrogens is 1. The van der Waals surface area contributed by atoms with Crippen molar-refractivity contribution < 1.29 is 23.9 Å². The van der Waals surface area contributed by atoms with Gasteiger partial charge in [0.25, 0.3) is 5.91 Å². The second-order valence-corrected chi connectivity index (χ2v) is 8.60. The number of nitrogens with zero attached hydrogens (tertiary/aromatic N) is 1. The average Bonchev–Trinajstić information content (AvgIpc) is 2.80. The third-order valence-electron chi connectivity index (χ3n) is 6.17. The Bertz CT molecular complexity index is 1170. The first-order valence-corrected chi connectivity index (χ1v) is 11.6. The van der Waals surface area contributed by atoms with E-state index >= 15 is 4.39 Å². The van der Waals surface area contributed by atoms with Crippen molar-refractivity contribution in [2.24, 2.45) is 0 Å². The lowest BCUT2D eigenvalue weighted by atomic mass is 9.95. The van der Waals surface area contributed by atoms with Crippen LogP contribution in [-0.4, -0.2) is 39.5 Å². The number of hydrogen-bond acceptors (Lipinski definition) is 5. The number of carbonyl (C=O) groups excluding carboxylic acids is 2. The number of halogens is 1. The minimum atomic E-state index is -1.23. The molecule has 0 aliphatic heterocycles. The summed E-state index contributed by atoms with van der Waals surface area (Å²) in [6, 6.07) is 0.439. The van der Waals surface area contributed by atoms with E-state index < -0.39 is 35.1 Å². The number of anilines is 2. The molecule has 1 fully saturated rings. The van der Waals surface area contributed by atoms with Crippen LogP contribution in [0.4, 0.5) is 15.8 Å². The Morgan fingerprint density at radius 2 is 1.88 bits per heavy atom. The Hall–Kier alpha value is -3.43. The predicted molar refractivity (Wildman–Crippen MR) is 128 cm³/mol. The quantitative estimate of drug-likeness (QED) is 0.464. The number of pyridine rings is 1. The molecule has 1 aliphatic rings. The summed E-state index contributed by atoms with van der Waals surface area (Å²) >= 11 is 0. The molecule has 0 bridgehead atoms. The Morgan fingerprint density at radius 1 is 1.21 bits per heavy atom. The van der Waals surface area contributed by atoms with Gasteiger partial charge in [0, 0.05) is 25.7 Å². The topological polar surface area (TPSA) is 130 Å². The standard InChI is InChI=1S/C24H31FN4O5/c1-4-16(24(33)34)28-23(32)15-12-29(5-2)18-11-17(27-14-9-7-6-8-10-14)20(25)21(26-13(3)30)19(18)22(15)31/h11-12,14,16,27H,4-10H2,1-3H3,(H,26,30)(H,28,32)(H,33,34). The van der Waals surface area contributed by atoms with Crippen LogP contribution in [-0.2, 0) is 16.1 Å². The van der Waals surface area contributed by atoms with Crippen LogP contribution in [0.5, 0.6) is 0 Å². The molecule has 1 unspecified atom stereocenters. The Morgan fingerprint density at radius 3 is 2.44 bits per heavy atom. The minimum Gasteiger partial charge on any atom is -0.480 e. The Labute approximate surface area is 196 Å². The number of aliphatic carboxylic acids is 1. The summed E-state index contributed by atoms with van der Waals surface area (Å²) in [6.07, 6.45) is 6.48. The van der Waals surface area contributed by atoms with Crippen molar-refractivity contribution in [1.29, 1.82) is 0 Å². The number of nitrogens with one attached hydrogen (secondary N) is 3. The number of amides is 2. The van der Waals surface area contributed by atoms with Crippen molar-refractivity contribution in [3.8, 4) is 0 Å². The zero-order valence-electron chi connectivity index (χ0n) is 19.7. The van der Waals surface area contributed by atoms with Crippen molar-refractivity contribution in [2.45, 2.75) is 77.9 Å². The maximum absolute atomic E-state index is 15.6. The molecule has 2 amide bonds. The molecule has 4 N–H and O–H groups in total. The molecule has 2 aromatic rings. The highest BCUT2D eigenvalue weighted by atomic mass is 19.1. The van der Waals surface area contributed by atoms with Crippen LogP contribution in [0.3, 0.4) is 0 Å². The van der Waals surface area contributed by atoms with E-state index in [4.69, 9.17) is 0 Å². The summed E-state index contributed by atoms with van der Waals surface area (Å²) in [5.41, 5.74) is -0.871. The second kappa shape index (κ2) is 10.7. The van der Waals surface area contributed by atoms with Crippen molar-refractivity contribution in [1.82, 2.24) is 9.88 Å². The number of carbonyl (C=O) groups is 3. The molecule has 0 radical (unpaired) electrons. The van der Waals surface area contributed by atoms with Gasteiger partial charge in [-0.05, 0) is 32.3 Å². The van der Waals surface area contributed by atoms with Crippen molar-refractivity contribution in [3.63, 3.8) is 0 Å². The molecule has 184 valence electrons. The van der Waals surface area contributed by atoms with Crippen LogP contribution in [0.25, 0.3) is 10.9 Å². The highest BCUT2D eigenvalue weighted by Crippen LogP contribution is 2.33. The SMILES string of the molecule is CCC(NC(=O)c1cn(CC)c2cc(NC3CCCCC3)c(F)c(NC(C)=O)c2c1=O)C(=O)O. The summed E-state index contributed by atoms with van der Waals surface area (Å²) in [6.45, 7) is 4.95. The number of hydrogen-bond donors (Lipinski definition) is 4. The second-order valence-electron chi connectivity index (χ2n) is 8.60. The van der Waals surface area contributed by atoms with Crippen molar-refractivity contribution >= 4 is 40.1 Å². The first-order valence-electron chi connectivity index (χ1n) is 11.6. The monoisotopic (exact) mass is 474 g/mol. The predicted octanol–water partition coefficient (Wildman–Crippen LogP) is 3.46. The van der Waals surface area contributed by atoms with Crippen LogP contribution in [0.2, 0.25) is 0 Å². The number of carboxylic acids is 1. The molecule has 9 nitrogen and oxygen atoms in total. The van der Waals surface area contributed by atoms with E-state index in [0.717, 1.165) is 32.1 Å². The lowest BCUT2D eigenvalue weighted by molar-refractivity contribution is -0.139. The Balaban J connectivity index is 2.20. The van der Waals surface area contributed by atoms with E-state index in [9.17, 15) is 24.3 Å². The number of fused-ring (bicyclic) bond motifs is 1. The van der Waals surface area contributed by atoms with Crippen LogP contribution >= 0.6 is 0 Å². The van der Waals surface area contributed by atoms with Gasteiger partial charge in [-0.3, -0.25) is 14.4 Å². The van der Waals surface area contributed by atoms with Gasteiger partial charge in [0.15, 0.2) is 5.82 Å². The largest absolute Gasteiger partial charge is 0.480 e. The van der Waals surface area contributed by atoms with Crippen LogP contribution in [0, 0.1) is 5.82 Å². The van der Waals surface area contributed by atoms with Gasteiger partial charge in [0.2, 0.25) is 11.3 Å². The van der Waals surface area contributed by atoms with E-state index in [1.165, 1.54) is 19.2 Å². The van der Waals surface area contributed by atoms with Crippen LogP contribution < -0.4 is 21.4 Å². The normalized spacial score (nSPS) is 15.1. The zero-order valence-corrected chi connectivity index (χ0v) is 19.7. The number of rotatable bonds is 8. The summed E-state index contributed by atoms with van der Waals surface area (Å²) in [5.74, 6) is -3.44. The number of carboxylic acid groups (broad SMARTS) is 1. The highest BCUT2D eigenvalue weighted by Gasteiger charge is 2.26. The van der Waals surface area contributed by atoms with E-state index in [0.29, 0.717) is 12.1 Å². The molecular formula is C24H31FN4O5. The van der Waals surface area contributed by atoms with Gasteiger partial charge >= 0.3 is 5.97 Å². The van der Waals surface area contributed by atoms with E-state index in [2.05, 4.69) is 16.0 Å². The first kappa shape index (κ1) is 25.2. The smallest absolute Gasteiger partial charge is 0.326 e. The van der Waals surface area contributed by atoms with E-state index in [1.54, 1.807) is 18.4 Å². The molecule has 3 rings (SSSR count). The highest BCUT2D eigenvalue weighted by molar-refractivity contribution is 6.06. The van der Waals surface area contributed by atoms with Gasteiger partial charge in [0.1, 0.15) is 11.6 Å². The zero-order chi connectivity index (χ0) is 25.0. The fourth-order valence-electron chi connectivity index (χ4n) is 4.38. The molecular weight excluding hydrogens is 443 g/mol. The van der Waals surface area contributed by atoms with Gasteiger partial charge in [-0.2, -0.15) is 0 Å². The van der Waals surface area contributed by atoms with Crippen molar-refractivity contribution in [3.05, 3.63) is 33.9 Å². The van der Waals surface area contributed by atoms with Crippen LogP contribution in [0.1, 0.15) is 69.7 Å². The molecule has 1 aliphatic carbocycles. The summed E-state index contributed by atoms with van der Waals surface area (Å²) in [7, 11) is 0. The molecule has 0 saturated heterocycles. The molecule has 0 spiro atoms. The minimum absolute atomic E-state index is 0.0831. The van der Waals surface area contributed by atoms with Gasteiger partial charge in [-0.25, -0.2) is 9.18 Å². The summed E-state index contributed by atoms with van der Waals surface area (Å²) in [4.78, 5) is 49.4. The maximum Gasteiger partial charge on any atom is 0.326 e. The molecule has 1 aromatic carbocycles. The van der Waals surface area contributed by atoms with E-state index in [-0.39, 0.29) is 34.8 Å². The fourth-order valence-corrected chi connectivity index (χ4v) is 4.38. The molecule has 1 heterocycles. The van der Waals surface area contributed by atoms with Gasteiger partial charge in [0.05, 0.1) is 22.3 Å². The van der Waals surface area contributed by atoms with Gasteiger partial charge in [-0.15, -0.1) is 0 Å². The summed E-state index contributed by atoms with van der Waals surface area (Å²) in [5, 5.41) is 17.1. The number of benzene rings is 1. The first-order chi connectivity index (χ1) is 16.2. The third-order valence-corrected chi connectivity index (χ3v) is 6.17. The van der Waals surface area contributed by atoms with Crippen LogP contribution in [0.15, 0.2) is 17.1 Å². The average molecular weight is 475 g/mol. The molecule has 10 heteroatoms. The van der Waals surface area contributed by atoms with Gasteiger partial charge < -0.3 is 25.6 Å². The van der Waals surface area contributed by atoms with Gasteiger partial charge in [-0.1, -0.05) is 26.2 Å². The third kappa shape index (κ3) is 5.21. The lowest BCUT2D eigenvalue weighted by Crippen LogP contribution is -2.42. The van der Waals surface area contributed by atoms with Crippen molar-refractivity contribution in [2.75, 3.05) is 10.6 Å².